The van der Waals surface area contributed by atoms with Crippen LogP contribution in [0.2, 0.25) is 0 Å². The number of ether oxygens (including phenoxy) is 1. The summed E-state index contributed by atoms with van der Waals surface area (Å²) in [4.78, 5) is 28.6. The number of carbonyl (C=O) groups is 2. The Hall–Kier alpha value is -2.61. The van der Waals surface area contributed by atoms with Crippen molar-refractivity contribution in [1.82, 2.24) is 14.7 Å². The van der Waals surface area contributed by atoms with Crippen molar-refractivity contribution in [3.63, 3.8) is 0 Å². The molecule has 0 radical (unpaired) electrons. The molecule has 1 aromatic carbocycles. The maximum Gasteiger partial charge on any atom is 0.248 e. The summed E-state index contributed by atoms with van der Waals surface area (Å²) in [5.41, 5.74) is 2.01. The van der Waals surface area contributed by atoms with E-state index in [1.54, 1.807) is 9.58 Å². The quantitative estimate of drug-likeness (QED) is 0.881. The molecule has 0 saturated carbocycles. The highest BCUT2D eigenvalue weighted by Gasteiger charge is 2.33. The molecule has 144 valence electrons. The zero-order valence-corrected chi connectivity index (χ0v) is 15.8. The first-order valence-corrected chi connectivity index (χ1v) is 9.43. The van der Waals surface area contributed by atoms with Gasteiger partial charge in [0.1, 0.15) is 6.04 Å². The molecule has 2 aliphatic rings. The van der Waals surface area contributed by atoms with Crippen molar-refractivity contribution in [2.75, 3.05) is 43.1 Å². The summed E-state index contributed by atoms with van der Waals surface area (Å²) in [7, 11) is 1.87. The average molecular weight is 371 g/mol. The standard InChI is InChI=1S/C19H25N5O3/c1-13(25)24-8-4-7-16(24)19(26)20-18-17-14(22(2)21-18)5-3-6-15(17)23-9-11-27-12-10-23/h3,5-6,16H,4,7-12H2,1-2H3,(H,20,21,26)/t16-/m0/s1. The van der Waals surface area contributed by atoms with Crippen LogP contribution in [0.5, 0.6) is 0 Å². The van der Waals surface area contributed by atoms with Gasteiger partial charge in [-0.05, 0) is 25.0 Å². The highest BCUT2D eigenvalue weighted by atomic mass is 16.5. The zero-order chi connectivity index (χ0) is 19.0. The molecule has 8 heteroatoms. The molecule has 1 aromatic heterocycles. The summed E-state index contributed by atoms with van der Waals surface area (Å²) < 4.78 is 7.25. The Morgan fingerprint density at radius 1 is 1.22 bits per heavy atom. The van der Waals surface area contributed by atoms with Crippen LogP contribution in [0.4, 0.5) is 11.5 Å². The SMILES string of the molecule is CC(=O)N1CCC[C@H]1C(=O)Nc1nn(C)c2cccc(N3CCOCC3)c12. The van der Waals surface area contributed by atoms with Crippen molar-refractivity contribution in [3.05, 3.63) is 18.2 Å². The summed E-state index contributed by atoms with van der Waals surface area (Å²) in [5, 5.41) is 8.47. The smallest absolute Gasteiger partial charge is 0.248 e. The number of hydrogen-bond donors (Lipinski definition) is 1. The van der Waals surface area contributed by atoms with Gasteiger partial charge in [0.05, 0.1) is 29.8 Å². The van der Waals surface area contributed by atoms with Gasteiger partial charge in [0, 0.05) is 33.6 Å². The highest BCUT2D eigenvalue weighted by molar-refractivity contribution is 6.07. The summed E-state index contributed by atoms with van der Waals surface area (Å²) >= 11 is 0. The molecule has 2 aromatic rings. The number of aromatic nitrogens is 2. The van der Waals surface area contributed by atoms with E-state index in [9.17, 15) is 9.59 Å². The fourth-order valence-corrected chi connectivity index (χ4v) is 4.07. The molecule has 2 amide bonds. The van der Waals surface area contributed by atoms with E-state index >= 15 is 0 Å². The first-order valence-electron chi connectivity index (χ1n) is 9.43. The summed E-state index contributed by atoms with van der Waals surface area (Å²) in [6.07, 6.45) is 1.53. The second-order valence-electron chi connectivity index (χ2n) is 7.10. The molecule has 0 aliphatic carbocycles. The van der Waals surface area contributed by atoms with Crippen molar-refractivity contribution < 1.29 is 14.3 Å². The van der Waals surface area contributed by atoms with Gasteiger partial charge in [-0.1, -0.05) is 6.07 Å². The van der Waals surface area contributed by atoms with E-state index < -0.39 is 6.04 Å². The number of rotatable bonds is 3. The lowest BCUT2D eigenvalue weighted by Gasteiger charge is -2.29. The fourth-order valence-electron chi connectivity index (χ4n) is 4.07. The summed E-state index contributed by atoms with van der Waals surface area (Å²) in [5.74, 6) is 0.321. The van der Waals surface area contributed by atoms with Gasteiger partial charge in [0.25, 0.3) is 0 Å². The van der Waals surface area contributed by atoms with Crippen LogP contribution < -0.4 is 10.2 Å². The third-order valence-corrected chi connectivity index (χ3v) is 5.41. The molecule has 4 rings (SSSR count). The zero-order valence-electron chi connectivity index (χ0n) is 15.8. The Labute approximate surface area is 158 Å². The molecule has 1 atom stereocenters. The number of anilines is 2. The number of likely N-dealkylation sites (tertiary alicyclic amines) is 1. The predicted molar refractivity (Wildman–Crippen MR) is 103 cm³/mol. The van der Waals surface area contributed by atoms with Crippen LogP contribution >= 0.6 is 0 Å². The van der Waals surface area contributed by atoms with Crippen molar-refractivity contribution in [2.24, 2.45) is 7.05 Å². The third-order valence-electron chi connectivity index (χ3n) is 5.41. The maximum absolute atomic E-state index is 12.9. The van der Waals surface area contributed by atoms with Crippen molar-refractivity contribution in [3.8, 4) is 0 Å². The van der Waals surface area contributed by atoms with E-state index in [1.165, 1.54) is 6.92 Å². The van der Waals surface area contributed by atoms with E-state index in [-0.39, 0.29) is 11.8 Å². The van der Waals surface area contributed by atoms with E-state index in [4.69, 9.17) is 4.74 Å². The Morgan fingerprint density at radius 3 is 2.74 bits per heavy atom. The van der Waals surface area contributed by atoms with E-state index in [1.807, 2.05) is 19.2 Å². The lowest BCUT2D eigenvalue weighted by molar-refractivity contribution is -0.134. The lowest BCUT2D eigenvalue weighted by atomic mass is 10.1. The monoisotopic (exact) mass is 371 g/mol. The first-order chi connectivity index (χ1) is 13.1. The number of morpholine rings is 1. The van der Waals surface area contributed by atoms with Crippen LogP contribution in [0, 0.1) is 0 Å². The van der Waals surface area contributed by atoms with Gasteiger partial charge in [-0.3, -0.25) is 14.3 Å². The van der Waals surface area contributed by atoms with Gasteiger partial charge in [0.15, 0.2) is 5.82 Å². The number of nitrogens with zero attached hydrogens (tertiary/aromatic N) is 4. The molecule has 0 bridgehead atoms. The molecule has 0 spiro atoms. The van der Waals surface area contributed by atoms with Crippen LogP contribution in [0.3, 0.4) is 0 Å². The van der Waals surface area contributed by atoms with Gasteiger partial charge in [-0.15, -0.1) is 0 Å². The Kier molecular flexibility index (Phi) is 4.73. The minimum atomic E-state index is -0.421. The molecular weight excluding hydrogens is 346 g/mol. The van der Waals surface area contributed by atoms with Crippen LogP contribution in [0.25, 0.3) is 10.9 Å². The Bertz CT molecular complexity index is 872. The van der Waals surface area contributed by atoms with Crippen molar-refractivity contribution in [2.45, 2.75) is 25.8 Å². The van der Waals surface area contributed by atoms with Gasteiger partial charge in [-0.25, -0.2) is 0 Å². The lowest BCUT2D eigenvalue weighted by Crippen LogP contribution is -2.42. The van der Waals surface area contributed by atoms with Crippen LogP contribution in [0.1, 0.15) is 19.8 Å². The van der Waals surface area contributed by atoms with Crippen molar-refractivity contribution in [1.29, 1.82) is 0 Å². The van der Waals surface area contributed by atoms with Crippen LogP contribution in [-0.4, -0.2) is 65.4 Å². The van der Waals surface area contributed by atoms with E-state index in [0.29, 0.717) is 32.0 Å². The number of benzene rings is 1. The predicted octanol–water partition coefficient (Wildman–Crippen LogP) is 1.36. The molecule has 8 nitrogen and oxygen atoms in total. The van der Waals surface area contributed by atoms with Crippen molar-refractivity contribution >= 4 is 34.2 Å². The van der Waals surface area contributed by atoms with Gasteiger partial charge < -0.3 is 19.9 Å². The normalized spacial score (nSPS) is 20.3. The summed E-state index contributed by atoms with van der Waals surface area (Å²) in [6, 6.07) is 5.64. The third kappa shape index (κ3) is 3.25. The van der Waals surface area contributed by atoms with Crippen LogP contribution in [-0.2, 0) is 21.4 Å². The topological polar surface area (TPSA) is 79.7 Å². The maximum atomic E-state index is 12.9. The van der Waals surface area contributed by atoms with Crippen LogP contribution in [0.15, 0.2) is 18.2 Å². The molecule has 1 N–H and O–H groups in total. The number of carbonyl (C=O) groups excluding carboxylic acids is 2. The second kappa shape index (κ2) is 7.19. The molecule has 3 heterocycles. The minimum absolute atomic E-state index is 0.0625. The Balaban J connectivity index is 1.67. The Morgan fingerprint density at radius 2 is 2.00 bits per heavy atom. The van der Waals surface area contributed by atoms with E-state index in [2.05, 4.69) is 21.4 Å². The van der Waals surface area contributed by atoms with Gasteiger partial charge >= 0.3 is 0 Å². The molecule has 2 saturated heterocycles. The number of aryl methyl sites for hydroxylation is 1. The minimum Gasteiger partial charge on any atom is -0.378 e. The molecule has 27 heavy (non-hydrogen) atoms. The average Bonchev–Trinajstić information content (AvgIpc) is 3.28. The summed E-state index contributed by atoms with van der Waals surface area (Å²) in [6.45, 7) is 5.14. The second-order valence-corrected chi connectivity index (χ2v) is 7.10. The number of nitrogens with one attached hydrogen (secondary N) is 1. The number of amides is 2. The molecular formula is C19H25N5O3. The fraction of sp³-hybridized carbons (Fsp3) is 0.526. The largest absolute Gasteiger partial charge is 0.378 e. The van der Waals surface area contributed by atoms with E-state index in [0.717, 1.165) is 36.1 Å². The molecule has 2 aliphatic heterocycles. The number of hydrogen-bond acceptors (Lipinski definition) is 5. The number of fused-ring (bicyclic) bond motifs is 1. The molecule has 2 fully saturated rings. The van der Waals surface area contributed by atoms with Gasteiger partial charge in [0.2, 0.25) is 11.8 Å². The van der Waals surface area contributed by atoms with Gasteiger partial charge in [-0.2, -0.15) is 5.10 Å². The highest BCUT2D eigenvalue weighted by Crippen LogP contribution is 2.33. The first kappa shape index (κ1) is 17.8. The molecule has 0 unspecified atom stereocenters.